The largest absolute Gasteiger partial charge is 0.497 e. The number of aromatic nitrogens is 3. The molecule has 0 spiro atoms. The highest BCUT2D eigenvalue weighted by Gasteiger charge is 2.12. The molecule has 7 nitrogen and oxygen atoms in total. The van der Waals surface area contributed by atoms with E-state index in [1.807, 2.05) is 31.2 Å². The van der Waals surface area contributed by atoms with E-state index in [4.69, 9.17) is 9.47 Å². The van der Waals surface area contributed by atoms with Crippen molar-refractivity contribution in [3.63, 3.8) is 0 Å². The molecule has 3 rings (SSSR count). The van der Waals surface area contributed by atoms with Crippen molar-refractivity contribution in [3.8, 4) is 22.9 Å². The Kier molecular flexibility index (Phi) is 5.97. The predicted molar refractivity (Wildman–Crippen MR) is 105 cm³/mol. The average Bonchev–Trinajstić information content (AvgIpc) is 3.15. The van der Waals surface area contributed by atoms with E-state index < -0.39 is 0 Å². The number of thioether (sulfide) groups is 1. The number of aromatic amines is 1. The fourth-order valence-electron chi connectivity index (χ4n) is 2.46. The van der Waals surface area contributed by atoms with Gasteiger partial charge in [-0.3, -0.25) is 9.89 Å². The van der Waals surface area contributed by atoms with Crippen LogP contribution in [0.4, 0.5) is 5.69 Å². The number of nitrogens with one attached hydrogen (secondary N) is 2. The SMILES string of the molecule is COc1ccc(OC)c(NC(=O)CSc2n[nH]c(-c3cccc(C)c3)n2)c1. The highest BCUT2D eigenvalue weighted by atomic mass is 32.2. The zero-order valence-electron chi connectivity index (χ0n) is 15.3. The van der Waals surface area contributed by atoms with Gasteiger partial charge in [-0.25, -0.2) is 4.98 Å². The number of nitrogens with zero attached hydrogens (tertiary/aromatic N) is 2. The molecule has 0 aliphatic rings. The number of benzene rings is 2. The summed E-state index contributed by atoms with van der Waals surface area (Å²) in [5, 5.41) is 10.4. The summed E-state index contributed by atoms with van der Waals surface area (Å²) in [6.07, 6.45) is 0. The first-order valence-corrected chi connectivity index (χ1v) is 9.21. The lowest BCUT2D eigenvalue weighted by Gasteiger charge is -2.11. The minimum atomic E-state index is -0.187. The highest BCUT2D eigenvalue weighted by Crippen LogP contribution is 2.29. The zero-order chi connectivity index (χ0) is 19.2. The third-order valence-corrected chi connectivity index (χ3v) is 4.62. The molecular weight excluding hydrogens is 364 g/mol. The van der Waals surface area contributed by atoms with Crippen LogP contribution in [0.15, 0.2) is 47.6 Å². The van der Waals surface area contributed by atoms with Gasteiger partial charge in [0.15, 0.2) is 5.82 Å². The molecule has 0 atom stereocenters. The van der Waals surface area contributed by atoms with E-state index in [1.165, 1.54) is 11.8 Å². The van der Waals surface area contributed by atoms with Crippen LogP contribution in [0.2, 0.25) is 0 Å². The lowest BCUT2D eigenvalue weighted by atomic mass is 10.1. The van der Waals surface area contributed by atoms with Crippen LogP contribution in [0, 0.1) is 6.92 Å². The number of hydrogen-bond acceptors (Lipinski definition) is 6. The number of anilines is 1. The van der Waals surface area contributed by atoms with Crippen molar-refractivity contribution in [2.75, 3.05) is 25.3 Å². The Bertz CT molecular complexity index is 942. The van der Waals surface area contributed by atoms with Gasteiger partial charge in [0.1, 0.15) is 11.5 Å². The third-order valence-electron chi connectivity index (χ3n) is 3.77. The summed E-state index contributed by atoms with van der Waals surface area (Å²) in [5.41, 5.74) is 2.66. The molecule has 27 heavy (non-hydrogen) atoms. The number of carbonyl (C=O) groups excluding carboxylic acids is 1. The van der Waals surface area contributed by atoms with E-state index in [9.17, 15) is 4.79 Å². The summed E-state index contributed by atoms with van der Waals surface area (Å²) in [5.74, 6) is 1.86. The Balaban J connectivity index is 1.62. The first-order valence-electron chi connectivity index (χ1n) is 8.23. The zero-order valence-corrected chi connectivity index (χ0v) is 16.1. The highest BCUT2D eigenvalue weighted by molar-refractivity contribution is 7.99. The van der Waals surface area contributed by atoms with Gasteiger partial charge in [0.2, 0.25) is 11.1 Å². The van der Waals surface area contributed by atoms with Crippen molar-refractivity contribution in [3.05, 3.63) is 48.0 Å². The summed E-state index contributed by atoms with van der Waals surface area (Å²) in [4.78, 5) is 16.7. The molecular formula is C19H20N4O3S. The molecule has 1 amide bonds. The fraction of sp³-hybridized carbons (Fsp3) is 0.211. The van der Waals surface area contributed by atoms with E-state index >= 15 is 0 Å². The Morgan fingerprint density at radius 2 is 2.04 bits per heavy atom. The van der Waals surface area contributed by atoms with Gasteiger partial charge in [0.05, 0.1) is 25.7 Å². The smallest absolute Gasteiger partial charge is 0.234 e. The molecule has 0 radical (unpaired) electrons. The van der Waals surface area contributed by atoms with Crippen molar-refractivity contribution in [2.24, 2.45) is 0 Å². The van der Waals surface area contributed by atoms with Crippen molar-refractivity contribution in [2.45, 2.75) is 12.1 Å². The summed E-state index contributed by atoms with van der Waals surface area (Å²) >= 11 is 1.25. The standard InChI is InChI=1S/C19H20N4O3S/c1-12-5-4-6-13(9-12)18-21-19(23-22-18)27-11-17(24)20-15-10-14(25-2)7-8-16(15)26-3/h4-10H,11H2,1-3H3,(H,20,24)(H,21,22,23). The van der Waals surface area contributed by atoms with Gasteiger partial charge in [-0.05, 0) is 25.1 Å². The number of ether oxygens (including phenoxy) is 2. The molecule has 1 aromatic heterocycles. The van der Waals surface area contributed by atoms with Gasteiger partial charge >= 0.3 is 0 Å². The van der Waals surface area contributed by atoms with Gasteiger partial charge in [-0.15, -0.1) is 5.10 Å². The topological polar surface area (TPSA) is 89.1 Å². The van der Waals surface area contributed by atoms with E-state index in [-0.39, 0.29) is 11.7 Å². The minimum absolute atomic E-state index is 0.172. The van der Waals surface area contributed by atoms with Crippen molar-refractivity contribution < 1.29 is 14.3 Å². The Hall–Kier alpha value is -3.00. The Morgan fingerprint density at radius 1 is 1.19 bits per heavy atom. The van der Waals surface area contributed by atoms with E-state index in [0.717, 1.165) is 11.1 Å². The van der Waals surface area contributed by atoms with Gasteiger partial charge in [0.25, 0.3) is 0 Å². The van der Waals surface area contributed by atoms with Crippen LogP contribution in [0.1, 0.15) is 5.56 Å². The molecule has 0 saturated heterocycles. The third kappa shape index (κ3) is 4.79. The number of carbonyl (C=O) groups is 1. The molecule has 0 aliphatic carbocycles. The lowest BCUT2D eigenvalue weighted by Crippen LogP contribution is -2.15. The molecule has 2 N–H and O–H groups in total. The minimum Gasteiger partial charge on any atom is -0.497 e. The quantitative estimate of drug-likeness (QED) is 0.606. The van der Waals surface area contributed by atoms with Gasteiger partial charge < -0.3 is 14.8 Å². The maximum Gasteiger partial charge on any atom is 0.234 e. The summed E-state index contributed by atoms with van der Waals surface area (Å²) in [6, 6.07) is 13.2. The van der Waals surface area contributed by atoms with E-state index in [2.05, 4.69) is 20.5 Å². The van der Waals surface area contributed by atoms with Crippen LogP contribution in [0.5, 0.6) is 11.5 Å². The number of methoxy groups -OCH3 is 2. The summed E-state index contributed by atoms with van der Waals surface area (Å²) in [7, 11) is 3.12. The molecule has 0 fully saturated rings. The van der Waals surface area contributed by atoms with Gasteiger partial charge in [-0.1, -0.05) is 35.5 Å². The van der Waals surface area contributed by atoms with Crippen LogP contribution >= 0.6 is 11.8 Å². The lowest BCUT2D eigenvalue weighted by molar-refractivity contribution is -0.113. The average molecular weight is 384 g/mol. The summed E-state index contributed by atoms with van der Waals surface area (Å²) < 4.78 is 10.4. The second-order valence-corrected chi connectivity index (χ2v) is 6.68. The van der Waals surface area contributed by atoms with Gasteiger partial charge in [-0.2, -0.15) is 0 Å². The number of rotatable bonds is 7. The maximum atomic E-state index is 12.3. The normalized spacial score (nSPS) is 10.5. The number of aryl methyl sites for hydroxylation is 1. The monoisotopic (exact) mass is 384 g/mol. The van der Waals surface area contributed by atoms with Crippen LogP contribution in [0.25, 0.3) is 11.4 Å². The number of amides is 1. The first-order chi connectivity index (χ1) is 13.1. The molecule has 1 heterocycles. The second-order valence-electron chi connectivity index (χ2n) is 5.74. The van der Waals surface area contributed by atoms with Crippen LogP contribution in [-0.4, -0.2) is 41.1 Å². The van der Waals surface area contributed by atoms with Crippen LogP contribution in [0.3, 0.4) is 0 Å². The van der Waals surface area contributed by atoms with Crippen molar-refractivity contribution in [1.29, 1.82) is 0 Å². The summed E-state index contributed by atoms with van der Waals surface area (Å²) in [6.45, 7) is 2.02. The van der Waals surface area contributed by atoms with E-state index in [0.29, 0.717) is 28.2 Å². The Labute approximate surface area is 161 Å². The number of H-pyrrole nitrogens is 1. The maximum absolute atomic E-state index is 12.3. The molecule has 0 unspecified atom stereocenters. The molecule has 8 heteroatoms. The Morgan fingerprint density at radius 3 is 2.78 bits per heavy atom. The molecule has 2 aromatic carbocycles. The molecule has 0 aliphatic heterocycles. The van der Waals surface area contributed by atoms with Crippen molar-refractivity contribution >= 4 is 23.4 Å². The molecule has 140 valence electrons. The van der Waals surface area contributed by atoms with Gasteiger partial charge in [0, 0.05) is 11.6 Å². The fourth-order valence-corrected chi connectivity index (χ4v) is 3.06. The van der Waals surface area contributed by atoms with E-state index in [1.54, 1.807) is 32.4 Å². The number of hydrogen-bond donors (Lipinski definition) is 2. The molecule has 0 bridgehead atoms. The predicted octanol–water partition coefficient (Wildman–Crippen LogP) is 3.53. The molecule has 0 saturated carbocycles. The van der Waals surface area contributed by atoms with Crippen molar-refractivity contribution in [1.82, 2.24) is 15.2 Å². The molecule has 3 aromatic rings. The van der Waals surface area contributed by atoms with Crippen LogP contribution < -0.4 is 14.8 Å². The van der Waals surface area contributed by atoms with Crippen LogP contribution in [-0.2, 0) is 4.79 Å². The second kappa shape index (κ2) is 8.59. The first kappa shape index (κ1) is 18.8.